The van der Waals surface area contributed by atoms with Gasteiger partial charge in [-0.15, -0.1) is 0 Å². The van der Waals surface area contributed by atoms with Crippen LogP contribution >= 0.6 is 0 Å². The van der Waals surface area contributed by atoms with E-state index in [9.17, 15) is 8.78 Å². The van der Waals surface area contributed by atoms with Gasteiger partial charge in [0.05, 0.1) is 0 Å². The molecule has 1 heterocycles. The first-order chi connectivity index (χ1) is 7.75. The van der Waals surface area contributed by atoms with Crippen LogP contribution in [-0.4, -0.2) is 19.1 Å². The Morgan fingerprint density at radius 2 is 2.25 bits per heavy atom. The van der Waals surface area contributed by atoms with Gasteiger partial charge in [0.2, 0.25) is 0 Å². The third-order valence-corrected chi connectivity index (χ3v) is 2.88. The van der Waals surface area contributed by atoms with E-state index >= 15 is 0 Å². The van der Waals surface area contributed by atoms with Gasteiger partial charge in [0.25, 0.3) is 0 Å². The van der Waals surface area contributed by atoms with Crippen molar-refractivity contribution in [3.63, 3.8) is 0 Å². The molecule has 1 aromatic carbocycles. The number of rotatable bonds is 4. The molecule has 0 amide bonds. The number of hydrogen-bond donors (Lipinski definition) is 2. The Bertz CT molecular complexity index is 349. The van der Waals surface area contributed by atoms with Gasteiger partial charge in [-0.2, -0.15) is 0 Å². The van der Waals surface area contributed by atoms with Crippen molar-refractivity contribution in [2.45, 2.75) is 25.4 Å². The average Bonchev–Trinajstić information content (AvgIpc) is 2.76. The largest absolute Gasteiger partial charge is 0.313 e. The zero-order valence-corrected chi connectivity index (χ0v) is 9.10. The van der Waals surface area contributed by atoms with Gasteiger partial charge in [0, 0.05) is 24.7 Å². The number of hydrogen-bond acceptors (Lipinski definition) is 2. The lowest BCUT2D eigenvalue weighted by Crippen LogP contribution is -2.33. The van der Waals surface area contributed by atoms with Crippen LogP contribution in [0.5, 0.6) is 0 Å². The third kappa shape index (κ3) is 3.00. The summed E-state index contributed by atoms with van der Waals surface area (Å²) in [6.07, 6.45) is 2.35. The summed E-state index contributed by atoms with van der Waals surface area (Å²) in [5, 5.41) is 6.48. The van der Waals surface area contributed by atoms with E-state index in [4.69, 9.17) is 0 Å². The van der Waals surface area contributed by atoms with Crippen molar-refractivity contribution in [2.75, 3.05) is 13.1 Å². The molecule has 2 rings (SSSR count). The van der Waals surface area contributed by atoms with Crippen molar-refractivity contribution in [3.8, 4) is 0 Å². The van der Waals surface area contributed by atoms with E-state index in [1.165, 1.54) is 18.6 Å². The first-order valence-corrected chi connectivity index (χ1v) is 5.64. The van der Waals surface area contributed by atoms with Crippen LogP contribution in [0.25, 0.3) is 0 Å². The Balaban J connectivity index is 1.82. The molecule has 0 bridgehead atoms. The van der Waals surface area contributed by atoms with Crippen LogP contribution in [0.15, 0.2) is 18.2 Å². The van der Waals surface area contributed by atoms with Crippen molar-refractivity contribution < 1.29 is 8.78 Å². The first-order valence-electron chi connectivity index (χ1n) is 5.64. The fraction of sp³-hybridized carbons (Fsp3) is 0.500. The van der Waals surface area contributed by atoms with Crippen LogP contribution in [-0.2, 0) is 6.54 Å². The first kappa shape index (κ1) is 11.5. The van der Waals surface area contributed by atoms with Gasteiger partial charge in [-0.25, -0.2) is 8.78 Å². The molecule has 2 nitrogen and oxygen atoms in total. The van der Waals surface area contributed by atoms with Gasteiger partial charge in [0.15, 0.2) is 0 Å². The van der Waals surface area contributed by atoms with E-state index < -0.39 is 5.82 Å². The summed E-state index contributed by atoms with van der Waals surface area (Å²) in [5.74, 6) is -0.745. The highest BCUT2D eigenvalue weighted by Gasteiger charge is 2.13. The molecular weight excluding hydrogens is 210 g/mol. The van der Waals surface area contributed by atoms with Crippen molar-refractivity contribution in [2.24, 2.45) is 0 Å². The van der Waals surface area contributed by atoms with E-state index in [1.807, 2.05) is 0 Å². The van der Waals surface area contributed by atoms with E-state index in [-0.39, 0.29) is 5.82 Å². The van der Waals surface area contributed by atoms with Gasteiger partial charge in [0.1, 0.15) is 11.6 Å². The van der Waals surface area contributed by atoms with Crippen LogP contribution in [0.4, 0.5) is 8.78 Å². The maximum Gasteiger partial charge on any atom is 0.127 e. The van der Waals surface area contributed by atoms with Crippen molar-refractivity contribution in [1.29, 1.82) is 0 Å². The SMILES string of the molecule is Fc1ccc(F)c(CNCC2CCCN2)c1. The van der Waals surface area contributed by atoms with Gasteiger partial charge < -0.3 is 10.6 Å². The van der Waals surface area contributed by atoms with E-state index in [2.05, 4.69) is 10.6 Å². The summed E-state index contributed by atoms with van der Waals surface area (Å²) in [5.41, 5.74) is 0.387. The molecule has 0 saturated carbocycles. The summed E-state index contributed by atoms with van der Waals surface area (Å²) in [7, 11) is 0. The van der Waals surface area contributed by atoms with Crippen molar-refractivity contribution >= 4 is 0 Å². The summed E-state index contributed by atoms with van der Waals surface area (Å²) in [4.78, 5) is 0. The van der Waals surface area contributed by atoms with Crippen LogP contribution in [0.1, 0.15) is 18.4 Å². The smallest absolute Gasteiger partial charge is 0.127 e. The predicted octanol–water partition coefficient (Wildman–Crippen LogP) is 1.81. The minimum absolute atomic E-state index is 0.353. The standard InChI is InChI=1S/C12H16F2N2/c13-10-3-4-12(14)9(6-10)7-15-8-11-2-1-5-16-11/h3-4,6,11,15-16H,1-2,5,7-8H2. The van der Waals surface area contributed by atoms with Gasteiger partial charge in [-0.1, -0.05) is 0 Å². The quantitative estimate of drug-likeness (QED) is 0.818. The van der Waals surface area contributed by atoms with E-state index in [1.54, 1.807) is 0 Å². The molecule has 0 radical (unpaired) electrons. The molecule has 0 aliphatic carbocycles. The maximum absolute atomic E-state index is 13.2. The Morgan fingerprint density at radius 1 is 1.38 bits per heavy atom. The molecule has 1 atom stereocenters. The highest BCUT2D eigenvalue weighted by atomic mass is 19.1. The highest BCUT2D eigenvalue weighted by Crippen LogP contribution is 2.09. The molecule has 4 heteroatoms. The molecule has 1 unspecified atom stereocenters. The van der Waals surface area contributed by atoms with Crippen molar-refractivity contribution in [3.05, 3.63) is 35.4 Å². The van der Waals surface area contributed by atoms with Gasteiger partial charge in [-0.05, 0) is 37.6 Å². The highest BCUT2D eigenvalue weighted by molar-refractivity contribution is 5.18. The van der Waals surface area contributed by atoms with E-state index in [0.29, 0.717) is 18.2 Å². The second-order valence-electron chi connectivity index (χ2n) is 4.16. The van der Waals surface area contributed by atoms with Crippen LogP contribution in [0.2, 0.25) is 0 Å². The summed E-state index contributed by atoms with van der Waals surface area (Å²) < 4.78 is 26.1. The molecule has 0 spiro atoms. The van der Waals surface area contributed by atoms with Crippen LogP contribution in [0, 0.1) is 11.6 Å². The Morgan fingerprint density at radius 3 is 3.00 bits per heavy atom. The van der Waals surface area contributed by atoms with Gasteiger partial charge >= 0.3 is 0 Å². The van der Waals surface area contributed by atoms with Crippen LogP contribution < -0.4 is 10.6 Å². The number of nitrogens with one attached hydrogen (secondary N) is 2. The lowest BCUT2D eigenvalue weighted by Gasteiger charge is -2.11. The van der Waals surface area contributed by atoms with E-state index in [0.717, 1.165) is 25.6 Å². The Hall–Kier alpha value is -1.00. The van der Waals surface area contributed by atoms with Gasteiger partial charge in [-0.3, -0.25) is 0 Å². The lowest BCUT2D eigenvalue weighted by atomic mass is 10.2. The molecule has 16 heavy (non-hydrogen) atoms. The molecular formula is C12H16F2N2. The Kier molecular flexibility index (Phi) is 3.85. The van der Waals surface area contributed by atoms with Crippen molar-refractivity contribution in [1.82, 2.24) is 10.6 Å². The average molecular weight is 226 g/mol. The molecule has 1 fully saturated rings. The normalized spacial score (nSPS) is 20.2. The molecule has 2 N–H and O–H groups in total. The predicted molar refractivity (Wildman–Crippen MR) is 59.1 cm³/mol. The maximum atomic E-state index is 13.2. The fourth-order valence-corrected chi connectivity index (χ4v) is 1.99. The minimum atomic E-state index is -0.391. The summed E-state index contributed by atoms with van der Waals surface area (Å²) in [6, 6.07) is 4.01. The number of halogens is 2. The summed E-state index contributed by atoms with van der Waals surface area (Å²) in [6.45, 7) is 2.23. The third-order valence-electron chi connectivity index (χ3n) is 2.88. The summed E-state index contributed by atoms with van der Waals surface area (Å²) >= 11 is 0. The zero-order chi connectivity index (χ0) is 11.4. The lowest BCUT2D eigenvalue weighted by molar-refractivity contribution is 0.520. The molecule has 88 valence electrons. The van der Waals surface area contributed by atoms with Crippen LogP contribution in [0.3, 0.4) is 0 Å². The monoisotopic (exact) mass is 226 g/mol. The molecule has 0 aromatic heterocycles. The zero-order valence-electron chi connectivity index (χ0n) is 9.10. The fourth-order valence-electron chi connectivity index (χ4n) is 1.99. The minimum Gasteiger partial charge on any atom is -0.313 e. The molecule has 1 aliphatic rings. The Labute approximate surface area is 94.0 Å². The topological polar surface area (TPSA) is 24.1 Å². The second kappa shape index (κ2) is 5.37. The second-order valence-corrected chi connectivity index (χ2v) is 4.16. The molecule has 1 aromatic rings. The molecule has 1 aliphatic heterocycles. The number of benzene rings is 1. The molecule has 1 saturated heterocycles.